The van der Waals surface area contributed by atoms with E-state index in [4.69, 9.17) is 23.1 Å². The zero-order valence-corrected chi connectivity index (χ0v) is 35.0. The van der Waals surface area contributed by atoms with E-state index in [0.717, 1.165) is 16.0 Å². The fraction of sp³-hybridized carbons (Fsp3) is 0.295. The summed E-state index contributed by atoms with van der Waals surface area (Å²) in [5.41, 5.74) is 14.6. The second kappa shape index (κ2) is 20.6. The van der Waals surface area contributed by atoms with Crippen molar-refractivity contribution in [3.8, 4) is 33.8 Å². The molecule has 6 amide bonds. The van der Waals surface area contributed by atoms with Gasteiger partial charge < -0.3 is 53.2 Å². The summed E-state index contributed by atoms with van der Waals surface area (Å²) in [6.45, 7) is 1.61. The third kappa shape index (κ3) is 11.1. The summed E-state index contributed by atoms with van der Waals surface area (Å²) >= 11 is 6.03. The highest BCUT2D eigenvalue weighted by Gasteiger charge is 2.36. The first kappa shape index (κ1) is 46.2. The van der Waals surface area contributed by atoms with Crippen LogP contribution in [-0.4, -0.2) is 101 Å². The third-order valence-electron chi connectivity index (χ3n) is 10.4. The molecule has 4 aromatic rings. The van der Waals surface area contributed by atoms with Gasteiger partial charge in [-0.1, -0.05) is 48.0 Å². The molecule has 1 aliphatic heterocycles. The Hall–Kier alpha value is -6.82. The summed E-state index contributed by atoms with van der Waals surface area (Å²) in [7, 11) is 2.58. The molecule has 326 valence electrons. The van der Waals surface area contributed by atoms with Gasteiger partial charge in [-0.3, -0.25) is 33.6 Å². The Morgan fingerprint density at radius 3 is 2.08 bits per heavy atom. The van der Waals surface area contributed by atoms with Gasteiger partial charge in [0, 0.05) is 42.2 Å². The van der Waals surface area contributed by atoms with Crippen LogP contribution >= 0.6 is 11.6 Å². The van der Waals surface area contributed by atoms with Crippen molar-refractivity contribution in [2.24, 2.45) is 11.5 Å². The van der Waals surface area contributed by atoms with Gasteiger partial charge in [0.25, 0.3) is 17.7 Å². The van der Waals surface area contributed by atoms with Crippen LogP contribution < -0.4 is 38.1 Å². The van der Waals surface area contributed by atoms with Gasteiger partial charge in [0.15, 0.2) is 6.17 Å². The van der Waals surface area contributed by atoms with E-state index in [1.807, 2.05) is 12.1 Å². The highest BCUT2D eigenvalue weighted by Crippen LogP contribution is 2.39. The maximum Gasteiger partial charge on any atom is 0.289 e. The number of nitrogens with zero attached hydrogens (tertiary/aromatic N) is 1. The number of amides is 6. The molecule has 1 aliphatic rings. The van der Waals surface area contributed by atoms with Crippen molar-refractivity contribution in [2.45, 2.75) is 62.9 Å². The zero-order chi connectivity index (χ0) is 45.2. The van der Waals surface area contributed by atoms with Crippen molar-refractivity contribution in [1.82, 2.24) is 31.5 Å². The average Bonchev–Trinajstić information content (AvgIpc) is 3.26. The lowest BCUT2D eigenvalue weighted by molar-refractivity contribution is -0.142. The summed E-state index contributed by atoms with van der Waals surface area (Å²) < 4.78 is 0. The van der Waals surface area contributed by atoms with E-state index in [1.165, 1.54) is 57.4 Å². The summed E-state index contributed by atoms with van der Waals surface area (Å²) in [4.78, 5) is 95.1. The number of ketones is 1. The monoisotopic (exact) mass is 868 g/mol. The van der Waals surface area contributed by atoms with Crippen molar-refractivity contribution in [1.29, 1.82) is 0 Å². The second-order valence-corrected chi connectivity index (χ2v) is 15.2. The Balaban J connectivity index is 1.49. The van der Waals surface area contributed by atoms with Crippen LogP contribution in [-0.2, 0) is 35.2 Å². The summed E-state index contributed by atoms with van der Waals surface area (Å²) in [6, 6.07) is 16.8. The molecule has 4 aromatic carbocycles. The number of benzene rings is 4. The molecule has 0 aliphatic carbocycles. The highest BCUT2D eigenvalue weighted by atomic mass is 35.5. The Morgan fingerprint density at radius 1 is 0.839 bits per heavy atom. The van der Waals surface area contributed by atoms with E-state index in [-0.39, 0.29) is 46.6 Å². The van der Waals surface area contributed by atoms with Gasteiger partial charge >= 0.3 is 0 Å². The standard InChI is InChI=1S/C44H49ClN8O9/c1-23(37(56)42(60)48-2)49-40(58)33-21-24-7-17-34(54)30(20-24)31-22-28(14-18-35(31)55)36(41(59)52-38(47)43(61)51-33)53(3)44(62)32(6-4-5-19-46)50-39(57)27-10-8-25(9-11-27)26-12-15-29(45)16-13-26/h7-18,20,22-23,32-33,36,38,54-55H,4-6,19,21,46-47H2,1-3H3,(H,48,60)(H,49,58)(H,50,57)(H,51,61)(H,52,59). The Bertz CT molecular complexity index is 2340. The molecule has 5 atom stereocenters. The Kier molecular flexibility index (Phi) is 15.4. The molecule has 18 heteroatoms. The van der Waals surface area contributed by atoms with Crippen molar-refractivity contribution in [2.75, 3.05) is 20.6 Å². The molecule has 11 N–H and O–H groups in total. The fourth-order valence-corrected chi connectivity index (χ4v) is 7.07. The number of aromatic hydroxyl groups is 2. The van der Waals surface area contributed by atoms with E-state index in [0.29, 0.717) is 30.0 Å². The van der Waals surface area contributed by atoms with Crippen LogP contribution in [0, 0.1) is 0 Å². The first-order valence-electron chi connectivity index (χ1n) is 19.7. The van der Waals surface area contributed by atoms with Gasteiger partial charge in [0.2, 0.25) is 23.5 Å². The van der Waals surface area contributed by atoms with E-state index >= 15 is 0 Å². The predicted octanol–water partition coefficient (Wildman–Crippen LogP) is 1.77. The van der Waals surface area contributed by atoms with Gasteiger partial charge in [0.05, 0.1) is 6.04 Å². The van der Waals surface area contributed by atoms with Crippen molar-refractivity contribution < 1.29 is 43.8 Å². The van der Waals surface area contributed by atoms with Crippen LogP contribution in [0.5, 0.6) is 11.5 Å². The summed E-state index contributed by atoms with van der Waals surface area (Å²) in [5, 5.41) is 35.0. The van der Waals surface area contributed by atoms with Gasteiger partial charge in [-0.15, -0.1) is 0 Å². The predicted molar refractivity (Wildman–Crippen MR) is 230 cm³/mol. The molecule has 0 saturated heterocycles. The van der Waals surface area contributed by atoms with Crippen molar-refractivity contribution in [3.05, 3.63) is 107 Å². The minimum absolute atomic E-state index is 0.0477. The number of likely N-dealkylation sites (N-methyl/N-ethyl adjacent to an activating group) is 2. The molecule has 62 heavy (non-hydrogen) atoms. The zero-order valence-electron chi connectivity index (χ0n) is 34.2. The van der Waals surface area contributed by atoms with Crippen molar-refractivity contribution in [3.63, 3.8) is 0 Å². The fourth-order valence-electron chi connectivity index (χ4n) is 6.94. The average molecular weight is 869 g/mol. The summed E-state index contributed by atoms with van der Waals surface area (Å²) in [5.74, 6) is -6.61. The maximum absolute atomic E-state index is 14.5. The molecule has 4 bridgehead atoms. The molecule has 0 radical (unpaired) electrons. The first-order valence-corrected chi connectivity index (χ1v) is 20.1. The normalized spacial score (nSPS) is 17.2. The number of unbranched alkanes of at least 4 members (excludes halogenated alkanes) is 1. The number of carbonyl (C=O) groups excluding carboxylic acids is 7. The molecule has 0 spiro atoms. The van der Waals surface area contributed by atoms with E-state index in [9.17, 15) is 43.8 Å². The lowest BCUT2D eigenvalue weighted by Crippen LogP contribution is -2.60. The number of Topliss-reactive ketones (excluding diaryl/α,β-unsaturated/α-hetero) is 1. The molecular formula is C44H49ClN8O9. The largest absolute Gasteiger partial charge is 0.507 e. The molecule has 0 fully saturated rings. The van der Waals surface area contributed by atoms with Crippen LogP contribution in [0.3, 0.4) is 0 Å². The van der Waals surface area contributed by atoms with Gasteiger partial charge in [-0.2, -0.15) is 0 Å². The van der Waals surface area contributed by atoms with E-state index in [1.54, 1.807) is 36.4 Å². The van der Waals surface area contributed by atoms with E-state index in [2.05, 4.69) is 26.6 Å². The topological polar surface area (TPSA) is 275 Å². The van der Waals surface area contributed by atoms with Gasteiger partial charge in [-0.05, 0) is 104 Å². The molecule has 17 nitrogen and oxygen atoms in total. The van der Waals surface area contributed by atoms with Crippen LogP contribution in [0.15, 0.2) is 84.9 Å². The SMILES string of the molecule is CNC(=O)C(=O)C(C)NC(=O)C1Cc2ccc(O)c(c2)-c2cc(ccc2O)C(N(C)C(=O)C(CCCCN)NC(=O)c2ccc(-c3ccc(Cl)cc3)cc2)C(=O)NC(N)C(=O)N1. The first-order chi connectivity index (χ1) is 29.5. The van der Waals surface area contributed by atoms with E-state index < -0.39 is 71.6 Å². The number of nitrogens with two attached hydrogens (primary N) is 2. The minimum atomic E-state index is -1.79. The Morgan fingerprint density at radius 2 is 1.45 bits per heavy atom. The summed E-state index contributed by atoms with van der Waals surface area (Å²) in [6.07, 6.45) is -0.913. The smallest absolute Gasteiger partial charge is 0.289 e. The number of phenolic OH excluding ortho intramolecular Hbond substituents is 2. The van der Waals surface area contributed by atoms with Gasteiger partial charge in [0.1, 0.15) is 29.6 Å². The van der Waals surface area contributed by atoms with Crippen LogP contribution in [0.25, 0.3) is 22.3 Å². The third-order valence-corrected chi connectivity index (χ3v) is 10.7. The van der Waals surface area contributed by atoms with Crippen LogP contribution in [0.2, 0.25) is 5.02 Å². The molecule has 5 rings (SSSR count). The molecule has 0 saturated carbocycles. The number of hydrogen-bond donors (Lipinski definition) is 9. The number of halogens is 1. The number of carbonyl (C=O) groups is 7. The maximum atomic E-state index is 14.5. The number of phenols is 2. The number of nitrogens with one attached hydrogen (secondary N) is 5. The number of rotatable bonds is 13. The minimum Gasteiger partial charge on any atom is -0.507 e. The van der Waals surface area contributed by atoms with Crippen LogP contribution in [0.1, 0.15) is 53.7 Å². The number of hydrogen-bond acceptors (Lipinski definition) is 11. The lowest BCUT2D eigenvalue weighted by Gasteiger charge is -2.32. The molecule has 1 heterocycles. The molecule has 5 unspecified atom stereocenters. The second-order valence-electron chi connectivity index (χ2n) is 14.8. The Labute approximate surface area is 362 Å². The molecule has 0 aromatic heterocycles. The highest BCUT2D eigenvalue weighted by molar-refractivity contribution is 6.38. The van der Waals surface area contributed by atoms with Crippen molar-refractivity contribution >= 4 is 52.8 Å². The number of fused-ring (bicyclic) bond motifs is 5. The van der Waals surface area contributed by atoms with Gasteiger partial charge in [-0.25, -0.2) is 0 Å². The lowest BCUT2D eigenvalue weighted by atomic mass is 9.93. The van der Waals surface area contributed by atoms with Crippen LogP contribution in [0.4, 0.5) is 0 Å². The molecular weight excluding hydrogens is 820 g/mol. The quantitative estimate of drug-likeness (QED) is 0.0690.